The lowest BCUT2D eigenvalue weighted by Gasteiger charge is -2.21. The van der Waals surface area contributed by atoms with Crippen LogP contribution in [-0.4, -0.2) is 70.2 Å². The molecule has 0 saturated carbocycles. The number of nitrogens with one attached hydrogen (secondary N) is 1. The van der Waals surface area contributed by atoms with Gasteiger partial charge in [-0.1, -0.05) is 18.1 Å². The molecule has 1 aliphatic heterocycles. The number of sulfonamides is 1. The number of thiazole rings is 1. The molecule has 3 aromatic rings. The van der Waals surface area contributed by atoms with Crippen molar-refractivity contribution in [2.24, 2.45) is 5.41 Å². The van der Waals surface area contributed by atoms with E-state index < -0.39 is 93.2 Å². The number of nitrogens with zero attached hydrogens (tertiary/aromatic N) is 4. The van der Waals surface area contributed by atoms with Gasteiger partial charge < -0.3 is 9.63 Å². The van der Waals surface area contributed by atoms with E-state index in [4.69, 9.17) is 4.52 Å². The summed E-state index contributed by atoms with van der Waals surface area (Å²) in [5.41, 5.74) is -3.49. The summed E-state index contributed by atoms with van der Waals surface area (Å²) in [6, 6.07) is -2.02. The van der Waals surface area contributed by atoms with Crippen LogP contribution in [0.3, 0.4) is 0 Å². The number of hydrogen-bond acceptors (Lipinski definition) is 9. The zero-order valence-electron chi connectivity index (χ0n) is 25.1. The quantitative estimate of drug-likeness (QED) is 0.203. The Morgan fingerprint density at radius 2 is 1.89 bits per heavy atom. The molecule has 2 atom stereocenters. The van der Waals surface area contributed by atoms with Crippen LogP contribution in [0.5, 0.6) is 0 Å². The van der Waals surface area contributed by atoms with Crippen molar-refractivity contribution in [3.8, 4) is 21.3 Å². The third kappa shape index (κ3) is 7.92. The first-order chi connectivity index (χ1) is 21.6. The maximum Gasteiger partial charge on any atom is 0.404 e. The van der Waals surface area contributed by atoms with Gasteiger partial charge in [0.05, 0.1) is 28.1 Å². The molecule has 0 bridgehead atoms. The maximum atomic E-state index is 15.7. The Balaban J connectivity index is 1.84. The van der Waals surface area contributed by atoms with E-state index in [2.05, 4.69) is 15.1 Å². The van der Waals surface area contributed by atoms with E-state index in [0.29, 0.717) is 17.4 Å². The van der Waals surface area contributed by atoms with E-state index in [0.717, 1.165) is 13.0 Å². The second-order valence-electron chi connectivity index (χ2n) is 11.7. The van der Waals surface area contributed by atoms with Crippen molar-refractivity contribution in [2.45, 2.75) is 89.0 Å². The lowest BCUT2D eigenvalue weighted by Crippen LogP contribution is -2.45. The highest BCUT2D eigenvalue weighted by molar-refractivity contribution is 7.89. The van der Waals surface area contributed by atoms with Crippen LogP contribution in [-0.2, 0) is 27.8 Å². The molecule has 1 aromatic carbocycles. The Labute approximate surface area is 267 Å². The van der Waals surface area contributed by atoms with E-state index in [9.17, 15) is 49.1 Å². The topological polar surface area (TPSA) is 139 Å². The number of carboxylic acid groups (broad SMARTS) is 1. The van der Waals surface area contributed by atoms with Crippen molar-refractivity contribution < 1.29 is 58.0 Å². The number of benzene rings is 1. The summed E-state index contributed by atoms with van der Waals surface area (Å²) in [5, 5.41) is 13.1. The number of likely N-dealkylation sites (tertiary alicyclic amines) is 1. The molecule has 1 saturated heterocycles. The molecule has 1 fully saturated rings. The van der Waals surface area contributed by atoms with Gasteiger partial charge in [0, 0.05) is 31.0 Å². The molecule has 3 heterocycles. The zero-order chi connectivity index (χ0) is 35.3. The number of aromatic nitrogens is 3. The second kappa shape index (κ2) is 13.0. The van der Waals surface area contributed by atoms with Gasteiger partial charge in [0.2, 0.25) is 21.7 Å². The van der Waals surface area contributed by atoms with Crippen molar-refractivity contribution in [2.75, 3.05) is 6.54 Å². The van der Waals surface area contributed by atoms with Gasteiger partial charge in [0.1, 0.15) is 10.9 Å². The largest absolute Gasteiger partial charge is 0.481 e. The normalized spacial score (nSPS) is 18.3. The minimum atomic E-state index is -5.30. The SMILES string of the molecule is CCC(NS(=O)(=O)c1ccc(-c2sc(-c3noc(CC(C)(C)C(=O)O)n3)nc2CN2CC(F)(F)C[C@@H]2C)c(C(F)F)c1F)C(F)(F)F. The van der Waals surface area contributed by atoms with Crippen molar-refractivity contribution in [1.29, 1.82) is 0 Å². The van der Waals surface area contributed by atoms with E-state index in [1.165, 1.54) is 30.4 Å². The summed E-state index contributed by atoms with van der Waals surface area (Å²) in [5.74, 6) is -6.60. The van der Waals surface area contributed by atoms with Crippen molar-refractivity contribution in [3.05, 3.63) is 35.1 Å². The van der Waals surface area contributed by atoms with Crippen LogP contribution < -0.4 is 4.72 Å². The highest BCUT2D eigenvalue weighted by Crippen LogP contribution is 2.43. The highest BCUT2D eigenvalue weighted by Gasteiger charge is 2.44. The molecule has 0 amide bonds. The van der Waals surface area contributed by atoms with Gasteiger partial charge in [-0.05, 0) is 33.3 Å². The molecular formula is C27H29F8N5O5S2. The summed E-state index contributed by atoms with van der Waals surface area (Å²) in [6.07, 6.45) is -10.2. The molecule has 0 aliphatic carbocycles. The number of aliphatic carboxylic acids is 1. The highest BCUT2D eigenvalue weighted by atomic mass is 32.2. The number of carboxylic acids is 1. The predicted octanol–water partition coefficient (Wildman–Crippen LogP) is 6.44. The molecule has 260 valence electrons. The van der Waals surface area contributed by atoms with E-state index in [-0.39, 0.29) is 40.3 Å². The van der Waals surface area contributed by atoms with Gasteiger partial charge in [-0.15, -0.1) is 11.3 Å². The number of rotatable bonds is 12. The molecule has 1 unspecified atom stereocenters. The van der Waals surface area contributed by atoms with Crippen LogP contribution in [0, 0.1) is 11.2 Å². The standard InChI is InChI=1S/C27H29F8N5O5S2/c1-5-16(27(33,34)35)39-47(43,44)15-7-6-13(18(19(15)28)21(29)30)20-14(10-40-11-26(31,32)8-12(40)2)36-23(46-20)22-37-17(45-38-22)9-25(3,4)24(41)42/h6-7,12,16,21,39H,5,8-11H2,1-4H3,(H,41,42)/t12-,16?/m0/s1. The monoisotopic (exact) mass is 719 g/mol. The predicted molar refractivity (Wildman–Crippen MR) is 151 cm³/mol. The number of hydrogen-bond donors (Lipinski definition) is 2. The van der Waals surface area contributed by atoms with Gasteiger partial charge >= 0.3 is 12.1 Å². The van der Waals surface area contributed by atoms with Crippen LogP contribution in [0.25, 0.3) is 21.3 Å². The molecular weight excluding hydrogens is 690 g/mol. The first kappa shape index (κ1) is 36.6. The van der Waals surface area contributed by atoms with Crippen LogP contribution in [0.2, 0.25) is 0 Å². The van der Waals surface area contributed by atoms with Crippen LogP contribution in [0.1, 0.15) is 64.1 Å². The van der Waals surface area contributed by atoms with Crippen LogP contribution in [0.15, 0.2) is 21.6 Å². The molecule has 20 heteroatoms. The third-order valence-electron chi connectivity index (χ3n) is 7.53. The number of carbonyl (C=O) groups is 1. The summed E-state index contributed by atoms with van der Waals surface area (Å²) in [6.45, 7) is 4.26. The average molecular weight is 720 g/mol. The fourth-order valence-electron chi connectivity index (χ4n) is 4.94. The summed E-state index contributed by atoms with van der Waals surface area (Å²) in [7, 11) is -5.30. The first-order valence-electron chi connectivity index (χ1n) is 13.9. The molecule has 4 rings (SSSR count). The molecule has 10 nitrogen and oxygen atoms in total. The van der Waals surface area contributed by atoms with Gasteiger partial charge in [-0.25, -0.2) is 35.4 Å². The third-order valence-corrected chi connectivity index (χ3v) is 10.1. The fourth-order valence-corrected chi connectivity index (χ4v) is 7.37. The Kier molecular flexibility index (Phi) is 10.1. The summed E-state index contributed by atoms with van der Waals surface area (Å²) in [4.78, 5) is 19.6. The Hall–Kier alpha value is -3.23. The van der Waals surface area contributed by atoms with E-state index in [1.54, 1.807) is 0 Å². The maximum absolute atomic E-state index is 15.7. The van der Waals surface area contributed by atoms with Gasteiger partial charge in [-0.3, -0.25) is 9.69 Å². The van der Waals surface area contributed by atoms with Crippen molar-refractivity contribution >= 4 is 27.3 Å². The van der Waals surface area contributed by atoms with Crippen LogP contribution in [0.4, 0.5) is 35.1 Å². The minimum absolute atomic E-state index is 0.105. The fraction of sp³-hybridized carbons (Fsp3) is 0.556. The smallest absolute Gasteiger partial charge is 0.404 e. The number of alkyl halides is 7. The molecule has 0 spiro atoms. The Morgan fingerprint density at radius 3 is 2.43 bits per heavy atom. The average Bonchev–Trinajstić information content (AvgIpc) is 3.62. The zero-order valence-corrected chi connectivity index (χ0v) is 26.8. The molecule has 2 aromatic heterocycles. The Morgan fingerprint density at radius 1 is 1.23 bits per heavy atom. The van der Waals surface area contributed by atoms with E-state index >= 15 is 4.39 Å². The van der Waals surface area contributed by atoms with Crippen molar-refractivity contribution in [3.63, 3.8) is 0 Å². The molecule has 1 aliphatic rings. The lowest BCUT2D eigenvalue weighted by molar-refractivity contribution is -0.151. The van der Waals surface area contributed by atoms with Gasteiger partial charge in [0.25, 0.3) is 12.3 Å². The molecule has 47 heavy (non-hydrogen) atoms. The molecule has 2 N–H and O–H groups in total. The number of halogens is 8. The summed E-state index contributed by atoms with van der Waals surface area (Å²) >= 11 is 0.619. The Bertz CT molecular complexity index is 1740. The van der Waals surface area contributed by atoms with Crippen molar-refractivity contribution in [1.82, 2.24) is 24.7 Å². The summed E-state index contributed by atoms with van der Waals surface area (Å²) < 4.78 is 145. The first-order valence-corrected chi connectivity index (χ1v) is 16.2. The van der Waals surface area contributed by atoms with Gasteiger partial charge in [-0.2, -0.15) is 22.9 Å². The molecule has 0 radical (unpaired) electrons. The minimum Gasteiger partial charge on any atom is -0.481 e. The van der Waals surface area contributed by atoms with Gasteiger partial charge in [0.15, 0.2) is 10.8 Å². The lowest BCUT2D eigenvalue weighted by atomic mass is 9.90. The second-order valence-corrected chi connectivity index (χ2v) is 14.4. The van der Waals surface area contributed by atoms with E-state index in [1.807, 2.05) is 0 Å². The van der Waals surface area contributed by atoms with Crippen LogP contribution >= 0.6 is 11.3 Å².